The maximum Gasteiger partial charge on any atom is 0.255 e. The number of amides is 2. The Morgan fingerprint density at radius 3 is 2.55 bits per heavy atom. The number of fused-ring (bicyclic) bond motifs is 1. The van der Waals surface area contributed by atoms with E-state index in [4.69, 9.17) is 10.5 Å². The summed E-state index contributed by atoms with van der Waals surface area (Å²) >= 11 is 1.52. The maximum atomic E-state index is 13.4. The number of nitrogens with one attached hydrogen (secondary N) is 1. The van der Waals surface area contributed by atoms with Gasteiger partial charge in [-0.2, -0.15) is 5.10 Å². The van der Waals surface area contributed by atoms with E-state index in [0.29, 0.717) is 17.3 Å². The van der Waals surface area contributed by atoms with Gasteiger partial charge in [-0.15, -0.1) is 11.8 Å². The van der Waals surface area contributed by atoms with Gasteiger partial charge in [0.2, 0.25) is 5.91 Å². The molecule has 3 N–H and O–H groups in total. The minimum atomic E-state index is -0.546. The molecule has 0 fully saturated rings. The number of primary amides is 1. The molecule has 1 aliphatic heterocycles. The Morgan fingerprint density at radius 2 is 1.90 bits per heavy atom. The average Bonchev–Trinajstić information content (AvgIpc) is 2.99. The smallest absolute Gasteiger partial charge is 0.255 e. The van der Waals surface area contributed by atoms with Crippen molar-refractivity contribution in [2.45, 2.75) is 24.3 Å². The van der Waals surface area contributed by atoms with Crippen molar-refractivity contribution in [2.75, 3.05) is 11.9 Å². The minimum Gasteiger partial charge on any atom is -0.484 e. The summed E-state index contributed by atoms with van der Waals surface area (Å²) in [4.78, 5) is 23.6. The molecule has 0 radical (unpaired) electrons. The van der Waals surface area contributed by atoms with E-state index in [0.717, 1.165) is 16.8 Å². The zero-order valence-corrected chi connectivity index (χ0v) is 17.8. The molecule has 2 aromatic carbocycles. The van der Waals surface area contributed by atoms with Crippen LogP contribution in [0.2, 0.25) is 0 Å². The summed E-state index contributed by atoms with van der Waals surface area (Å²) in [5.41, 5.74) is 8.39. The Morgan fingerprint density at radius 1 is 1.23 bits per heavy atom. The lowest BCUT2D eigenvalue weighted by molar-refractivity contribution is -0.120. The van der Waals surface area contributed by atoms with Crippen LogP contribution in [0.15, 0.2) is 48.5 Å². The van der Waals surface area contributed by atoms with Crippen LogP contribution in [0, 0.1) is 12.7 Å². The van der Waals surface area contributed by atoms with Gasteiger partial charge in [0.25, 0.3) is 5.91 Å². The number of nitrogens with zero attached hydrogens (tertiary/aromatic N) is 2. The lowest BCUT2D eigenvalue weighted by atomic mass is 10.0. The third-order valence-corrected chi connectivity index (χ3v) is 6.36. The van der Waals surface area contributed by atoms with Gasteiger partial charge in [0.1, 0.15) is 17.4 Å². The number of halogens is 1. The lowest BCUT2D eigenvalue weighted by Gasteiger charge is -2.18. The van der Waals surface area contributed by atoms with Crippen molar-refractivity contribution in [3.63, 3.8) is 0 Å². The molecule has 2 heterocycles. The number of rotatable bonds is 5. The number of aryl methyl sites for hydroxylation is 1. The SMILES string of the molecule is Cc1nn(-c2ccc(F)cc2)c2c1[C@@H](c1ccc(OCC(N)=O)cc1)S[C@@H](C)C(=O)N2. The summed E-state index contributed by atoms with van der Waals surface area (Å²) in [7, 11) is 0. The molecule has 0 bridgehead atoms. The Hall–Kier alpha value is -3.33. The minimum absolute atomic E-state index is 0.126. The summed E-state index contributed by atoms with van der Waals surface area (Å²) in [5, 5.41) is 7.15. The predicted octanol–water partition coefficient (Wildman–Crippen LogP) is 3.35. The van der Waals surface area contributed by atoms with E-state index < -0.39 is 5.91 Å². The first kappa shape index (κ1) is 20.9. The average molecular weight is 441 g/mol. The monoisotopic (exact) mass is 440 g/mol. The van der Waals surface area contributed by atoms with Gasteiger partial charge in [-0.05, 0) is 55.8 Å². The van der Waals surface area contributed by atoms with Crippen molar-refractivity contribution in [1.29, 1.82) is 0 Å². The maximum absolute atomic E-state index is 13.4. The second kappa shape index (κ2) is 8.43. The molecule has 1 aliphatic rings. The number of thioether (sulfide) groups is 1. The normalized spacial score (nSPS) is 18.1. The molecule has 3 aromatic rings. The molecule has 9 heteroatoms. The number of aromatic nitrogens is 2. The quantitative estimate of drug-likeness (QED) is 0.634. The Bertz CT molecular complexity index is 1130. The number of carbonyl (C=O) groups is 2. The van der Waals surface area contributed by atoms with Crippen LogP contribution in [0.25, 0.3) is 5.69 Å². The van der Waals surface area contributed by atoms with Crippen molar-refractivity contribution in [1.82, 2.24) is 9.78 Å². The zero-order chi connectivity index (χ0) is 22.1. The van der Waals surface area contributed by atoms with Crippen LogP contribution in [0.1, 0.15) is 29.0 Å². The fourth-order valence-corrected chi connectivity index (χ4v) is 4.76. The third kappa shape index (κ3) is 4.27. The van der Waals surface area contributed by atoms with Crippen LogP contribution in [0.3, 0.4) is 0 Å². The highest BCUT2D eigenvalue weighted by atomic mass is 32.2. The van der Waals surface area contributed by atoms with Crippen molar-refractivity contribution >= 4 is 29.4 Å². The summed E-state index contributed by atoms with van der Waals surface area (Å²) in [6.07, 6.45) is 0. The van der Waals surface area contributed by atoms with Gasteiger partial charge in [-0.1, -0.05) is 12.1 Å². The van der Waals surface area contributed by atoms with Crippen LogP contribution in [0.4, 0.5) is 10.2 Å². The van der Waals surface area contributed by atoms with Gasteiger partial charge < -0.3 is 15.8 Å². The van der Waals surface area contributed by atoms with Crippen LogP contribution in [-0.4, -0.2) is 33.5 Å². The van der Waals surface area contributed by atoms with Gasteiger partial charge in [-0.25, -0.2) is 9.07 Å². The number of benzene rings is 2. The summed E-state index contributed by atoms with van der Waals surface area (Å²) in [6, 6.07) is 13.3. The fourth-order valence-electron chi connectivity index (χ4n) is 3.43. The first-order valence-corrected chi connectivity index (χ1v) is 10.6. The molecule has 0 aliphatic carbocycles. The molecule has 0 spiro atoms. The van der Waals surface area contributed by atoms with Gasteiger partial charge >= 0.3 is 0 Å². The molecule has 1 aromatic heterocycles. The zero-order valence-electron chi connectivity index (χ0n) is 17.0. The van der Waals surface area contributed by atoms with E-state index in [-0.39, 0.29) is 28.8 Å². The van der Waals surface area contributed by atoms with Crippen LogP contribution in [0.5, 0.6) is 5.75 Å². The van der Waals surface area contributed by atoms with Gasteiger partial charge in [-0.3, -0.25) is 9.59 Å². The van der Waals surface area contributed by atoms with Crippen molar-refractivity contribution in [3.05, 3.63) is 71.2 Å². The largest absolute Gasteiger partial charge is 0.484 e. The molecule has 4 rings (SSSR count). The Balaban J connectivity index is 1.76. The number of carbonyl (C=O) groups excluding carboxylic acids is 2. The Kier molecular flexibility index (Phi) is 5.69. The number of hydrogen-bond acceptors (Lipinski definition) is 5. The van der Waals surface area contributed by atoms with Crippen LogP contribution < -0.4 is 15.8 Å². The molecule has 0 saturated heterocycles. The number of anilines is 1. The van der Waals surface area contributed by atoms with Crippen molar-refractivity contribution in [3.8, 4) is 11.4 Å². The molecule has 0 saturated carbocycles. The van der Waals surface area contributed by atoms with E-state index in [2.05, 4.69) is 10.4 Å². The van der Waals surface area contributed by atoms with E-state index >= 15 is 0 Å². The molecule has 0 unspecified atom stereocenters. The third-order valence-electron chi connectivity index (χ3n) is 4.96. The molecule has 160 valence electrons. The highest BCUT2D eigenvalue weighted by Crippen LogP contribution is 2.46. The van der Waals surface area contributed by atoms with Crippen molar-refractivity contribution < 1.29 is 18.7 Å². The molecule has 2 atom stereocenters. The van der Waals surface area contributed by atoms with E-state index in [1.165, 1.54) is 23.9 Å². The molecule has 2 amide bonds. The van der Waals surface area contributed by atoms with Crippen LogP contribution in [-0.2, 0) is 9.59 Å². The number of hydrogen-bond donors (Lipinski definition) is 2. The fraction of sp³-hybridized carbons (Fsp3) is 0.227. The lowest BCUT2D eigenvalue weighted by Crippen LogP contribution is -2.22. The molecular weight excluding hydrogens is 419 g/mol. The second-order valence-corrected chi connectivity index (χ2v) is 8.66. The summed E-state index contributed by atoms with van der Waals surface area (Å²) < 4.78 is 20.4. The van der Waals surface area contributed by atoms with Crippen molar-refractivity contribution in [2.24, 2.45) is 5.73 Å². The second-order valence-electron chi connectivity index (χ2n) is 7.21. The number of ether oxygens (including phenoxy) is 1. The molecular formula is C22H21FN4O3S. The standard InChI is InChI=1S/C22H21FN4O3S/c1-12-19-20(14-3-9-17(10-4-14)30-11-18(24)28)31-13(2)22(29)25-21(19)27(26-12)16-7-5-15(23)6-8-16/h3-10,13,20H,11H2,1-2H3,(H2,24,28)(H,25,29)/t13-,20+/m0/s1. The van der Waals surface area contributed by atoms with Gasteiger partial charge in [0, 0.05) is 5.56 Å². The summed E-state index contributed by atoms with van der Waals surface area (Å²) in [5.74, 6) is 0.0875. The number of nitrogens with two attached hydrogens (primary N) is 1. The summed E-state index contributed by atoms with van der Waals surface area (Å²) in [6.45, 7) is 3.55. The molecule has 7 nitrogen and oxygen atoms in total. The topological polar surface area (TPSA) is 99.2 Å². The predicted molar refractivity (Wildman–Crippen MR) is 117 cm³/mol. The van der Waals surface area contributed by atoms with E-state index in [9.17, 15) is 14.0 Å². The van der Waals surface area contributed by atoms with E-state index in [1.54, 1.807) is 28.9 Å². The van der Waals surface area contributed by atoms with Gasteiger partial charge in [0.15, 0.2) is 6.61 Å². The molecule has 31 heavy (non-hydrogen) atoms. The first-order chi connectivity index (χ1) is 14.8. The highest BCUT2D eigenvalue weighted by molar-refractivity contribution is 8.01. The van der Waals surface area contributed by atoms with Crippen LogP contribution >= 0.6 is 11.8 Å². The van der Waals surface area contributed by atoms with Gasteiger partial charge in [0.05, 0.1) is 21.9 Å². The highest BCUT2D eigenvalue weighted by Gasteiger charge is 2.34. The van der Waals surface area contributed by atoms with E-state index in [1.807, 2.05) is 26.0 Å². The first-order valence-electron chi connectivity index (χ1n) is 9.66. The Labute approximate surface area is 182 Å².